The zero-order valence-corrected chi connectivity index (χ0v) is 8.58. The molecule has 0 aliphatic carbocycles. The van der Waals surface area contributed by atoms with E-state index in [0.29, 0.717) is 11.3 Å². The number of oxime groups is 1. The van der Waals surface area contributed by atoms with Gasteiger partial charge in [-0.25, -0.2) is 4.39 Å². The van der Waals surface area contributed by atoms with Gasteiger partial charge >= 0.3 is 0 Å². The summed E-state index contributed by atoms with van der Waals surface area (Å²) in [5.41, 5.74) is 0.791. The summed E-state index contributed by atoms with van der Waals surface area (Å²) >= 11 is 0. The molecule has 0 saturated carbocycles. The monoisotopic (exact) mass is 195 g/mol. The minimum atomic E-state index is -0.326. The molecule has 0 aliphatic heterocycles. The van der Waals surface area contributed by atoms with E-state index in [2.05, 4.69) is 5.16 Å². The summed E-state index contributed by atoms with van der Waals surface area (Å²) in [5.74, 6) is -0.326. The van der Waals surface area contributed by atoms with Crippen molar-refractivity contribution in [1.82, 2.24) is 0 Å². The lowest BCUT2D eigenvalue weighted by Gasteiger charge is -2.19. The van der Waals surface area contributed by atoms with Crippen LogP contribution in [0.4, 0.5) is 4.39 Å². The van der Waals surface area contributed by atoms with Crippen molar-refractivity contribution >= 4 is 5.71 Å². The quantitative estimate of drug-likeness (QED) is 0.417. The number of hydrogen-bond acceptors (Lipinski definition) is 2. The van der Waals surface area contributed by atoms with E-state index in [9.17, 15) is 4.39 Å². The van der Waals surface area contributed by atoms with Crippen LogP contribution in [0.5, 0.6) is 0 Å². The highest BCUT2D eigenvalue weighted by Gasteiger charge is 2.21. The molecule has 0 heterocycles. The molecule has 0 spiro atoms. The fourth-order valence-corrected chi connectivity index (χ4v) is 1.28. The van der Waals surface area contributed by atoms with Crippen LogP contribution in [0.1, 0.15) is 26.3 Å². The maximum absolute atomic E-state index is 12.9. The lowest BCUT2D eigenvalue weighted by molar-refractivity contribution is 0.311. The van der Waals surface area contributed by atoms with E-state index in [-0.39, 0.29) is 11.2 Å². The Morgan fingerprint density at radius 3 is 2.43 bits per heavy atom. The molecule has 3 heteroatoms. The smallest absolute Gasteiger partial charge is 0.123 e. The molecule has 0 aliphatic rings. The van der Waals surface area contributed by atoms with Crippen molar-refractivity contribution in [2.24, 2.45) is 10.6 Å². The highest BCUT2D eigenvalue weighted by atomic mass is 19.1. The van der Waals surface area contributed by atoms with E-state index in [1.54, 1.807) is 12.1 Å². The summed E-state index contributed by atoms with van der Waals surface area (Å²) < 4.78 is 12.9. The third-order valence-electron chi connectivity index (χ3n) is 1.91. The van der Waals surface area contributed by atoms with Gasteiger partial charge in [0.2, 0.25) is 0 Å². The summed E-state index contributed by atoms with van der Waals surface area (Å²) in [5, 5.41) is 12.1. The molecule has 0 bridgehead atoms. The SMILES string of the molecule is CC(C)(C)/C(=N/O)c1cccc(F)c1. The van der Waals surface area contributed by atoms with Crippen molar-refractivity contribution in [3.05, 3.63) is 35.6 Å². The Hall–Kier alpha value is -1.38. The summed E-state index contributed by atoms with van der Waals surface area (Å²) in [6.45, 7) is 5.73. The molecule has 0 aromatic heterocycles. The maximum atomic E-state index is 12.9. The van der Waals surface area contributed by atoms with Crippen LogP contribution >= 0.6 is 0 Å². The van der Waals surface area contributed by atoms with Crippen molar-refractivity contribution < 1.29 is 9.60 Å². The van der Waals surface area contributed by atoms with Gasteiger partial charge < -0.3 is 5.21 Å². The Balaban J connectivity index is 3.16. The molecule has 14 heavy (non-hydrogen) atoms. The number of halogens is 1. The highest BCUT2D eigenvalue weighted by Crippen LogP contribution is 2.22. The van der Waals surface area contributed by atoms with Gasteiger partial charge in [0.15, 0.2) is 0 Å². The molecule has 1 N–H and O–H groups in total. The minimum absolute atomic E-state index is 0.303. The molecule has 0 radical (unpaired) electrons. The second kappa shape index (κ2) is 3.78. The first-order chi connectivity index (χ1) is 6.45. The van der Waals surface area contributed by atoms with E-state index < -0.39 is 0 Å². The van der Waals surface area contributed by atoms with Crippen LogP contribution in [-0.2, 0) is 0 Å². The zero-order valence-electron chi connectivity index (χ0n) is 8.58. The van der Waals surface area contributed by atoms with Gasteiger partial charge in [0, 0.05) is 11.0 Å². The van der Waals surface area contributed by atoms with Crippen LogP contribution < -0.4 is 0 Å². The normalized spacial score (nSPS) is 13.0. The second-order valence-electron chi connectivity index (χ2n) is 4.21. The summed E-state index contributed by atoms with van der Waals surface area (Å²) in [6.07, 6.45) is 0. The predicted octanol–water partition coefficient (Wildman–Crippen LogP) is 3.05. The van der Waals surface area contributed by atoms with Crippen molar-refractivity contribution in [3.63, 3.8) is 0 Å². The van der Waals surface area contributed by atoms with E-state index in [4.69, 9.17) is 5.21 Å². The van der Waals surface area contributed by atoms with E-state index in [1.165, 1.54) is 12.1 Å². The summed E-state index contributed by atoms with van der Waals surface area (Å²) in [4.78, 5) is 0. The Morgan fingerprint density at radius 1 is 1.36 bits per heavy atom. The average molecular weight is 195 g/mol. The summed E-state index contributed by atoms with van der Waals surface area (Å²) in [6, 6.07) is 6.05. The fourth-order valence-electron chi connectivity index (χ4n) is 1.28. The molecule has 0 saturated heterocycles. The van der Waals surface area contributed by atoms with E-state index in [0.717, 1.165) is 0 Å². The first-order valence-corrected chi connectivity index (χ1v) is 4.43. The van der Waals surface area contributed by atoms with Gasteiger partial charge in [-0.15, -0.1) is 0 Å². The van der Waals surface area contributed by atoms with Gasteiger partial charge in [-0.3, -0.25) is 0 Å². The van der Waals surface area contributed by atoms with Crippen LogP contribution in [0.25, 0.3) is 0 Å². The third-order valence-corrected chi connectivity index (χ3v) is 1.91. The molecular weight excluding hydrogens is 181 g/mol. The molecule has 76 valence electrons. The number of benzene rings is 1. The fraction of sp³-hybridized carbons (Fsp3) is 0.364. The van der Waals surface area contributed by atoms with Crippen molar-refractivity contribution in [3.8, 4) is 0 Å². The van der Waals surface area contributed by atoms with Gasteiger partial charge in [-0.05, 0) is 12.1 Å². The highest BCUT2D eigenvalue weighted by molar-refractivity contribution is 6.03. The lowest BCUT2D eigenvalue weighted by Crippen LogP contribution is -2.21. The van der Waals surface area contributed by atoms with Gasteiger partial charge in [0.25, 0.3) is 0 Å². The van der Waals surface area contributed by atoms with Crippen molar-refractivity contribution in [2.75, 3.05) is 0 Å². The Kier molecular flexibility index (Phi) is 2.89. The Morgan fingerprint density at radius 2 is 2.00 bits per heavy atom. The largest absolute Gasteiger partial charge is 0.411 e. The van der Waals surface area contributed by atoms with Gasteiger partial charge in [-0.2, -0.15) is 0 Å². The van der Waals surface area contributed by atoms with Crippen LogP contribution in [0.2, 0.25) is 0 Å². The van der Waals surface area contributed by atoms with E-state index in [1.807, 2.05) is 20.8 Å². The third kappa shape index (κ3) is 2.31. The molecule has 0 fully saturated rings. The number of rotatable bonds is 1. The Labute approximate surface area is 83.1 Å². The first kappa shape index (κ1) is 10.7. The number of nitrogens with zero attached hydrogens (tertiary/aromatic N) is 1. The van der Waals surface area contributed by atoms with Gasteiger partial charge in [0.05, 0.1) is 5.71 Å². The molecule has 0 amide bonds. The maximum Gasteiger partial charge on any atom is 0.123 e. The molecule has 1 aromatic carbocycles. The van der Waals surface area contributed by atoms with E-state index >= 15 is 0 Å². The predicted molar refractivity (Wildman–Crippen MR) is 54.2 cm³/mol. The van der Waals surface area contributed by atoms with Crippen LogP contribution in [0, 0.1) is 11.2 Å². The number of hydrogen-bond donors (Lipinski definition) is 1. The zero-order chi connectivity index (χ0) is 10.8. The van der Waals surface area contributed by atoms with Crippen LogP contribution in [0.15, 0.2) is 29.4 Å². The van der Waals surface area contributed by atoms with Crippen molar-refractivity contribution in [1.29, 1.82) is 0 Å². The molecule has 1 rings (SSSR count). The first-order valence-electron chi connectivity index (χ1n) is 4.43. The molecular formula is C11H14FNO. The molecule has 2 nitrogen and oxygen atoms in total. The minimum Gasteiger partial charge on any atom is -0.411 e. The molecule has 0 unspecified atom stereocenters. The topological polar surface area (TPSA) is 32.6 Å². The Bertz CT molecular complexity index is 353. The van der Waals surface area contributed by atoms with Gasteiger partial charge in [0.1, 0.15) is 5.82 Å². The van der Waals surface area contributed by atoms with Crippen LogP contribution in [0.3, 0.4) is 0 Å². The average Bonchev–Trinajstić information content (AvgIpc) is 2.02. The molecule has 0 atom stereocenters. The van der Waals surface area contributed by atoms with Gasteiger partial charge in [-0.1, -0.05) is 38.1 Å². The second-order valence-corrected chi connectivity index (χ2v) is 4.21. The van der Waals surface area contributed by atoms with Crippen molar-refractivity contribution in [2.45, 2.75) is 20.8 Å². The van der Waals surface area contributed by atoms with Crippen LogP contribution in [-0.4, -0.2) is 10.9 Å². The molecule has 1 aromatic rings. The lowest BCUT2D eigenvalue weighted by atomic mass is 9.86. The standard InChI is InChI=1S/C11H14FNO/c1-11(2,3)10(13-14)8-5-4-6-9(12)7-8/h4-7,14H,1-3H3/b13-10+. The summed E-state index contributed by atoms with van der Waals surface area (Å²) in [7, 11) is 0.